The van der Waals surface area contributed by atoms with Crippen LogP contribution in [0.4, 0.5) is 0 Å². The van der Waals surface area contributed by atoms with Crippen LogP contribution in [-0.4, -0.2) is 75.1 Å². The Morgan fingerprint density at radius 3 is 2.33 bits per heavy atom. The molecule has 3 rings (SSSR count). The van der Waals surface area contributed by atoms with Crippen molar-refractivity contribution in [2.24, 2.45) is 0 Å². The van der Waals surface area contributed by atoms with Crippen LogP contribution in [0.2, 0.25) is 0 Å². The molecule has 1 fully saturated rings. The molecule has 0 spiro atoms. The molecule has 0 amide bonds. The van der Waals surface area contributed by atoms with Crippen molar-refractivity contribution in [3.8, 4) is 0 Å². The topological polar surface area (TPSA) is 172 Å². The molecule has 2 heterocycles. The fraction of sp³-hybridized carbons (Fsp3) is 0.500. The van der Waals surface area contributed by atoms with E-state index in [1.807, 2.05) is 0 Å². The summed E-state index contributed by atoms with van der Waals surface area (Å²) in [5.41, 5.74) is 1.24. The van der Waals surface area contributed by atoms with E-state index in [9.17, 15) is 35.3 Å². The summed E-state index contributed by atoms with van der Waals surface area (Å²) in [6.07, 6.45) is -6.53. The maximum atomic E-state index is 13.0. The van der Waals surface area contributed by atoms with Gasteiger partial charge in [0.2, 0.25) is 0 Å². The van der Waals surface area contributed by atoms with Crippen LogP contribution in [-0.2, 0) is 14.3 Å². The van der Waals surface area contributed by atoms with Crippen molar-refractivity contribution < 1.29 is 39.6 Å². The second-order valence-corrected chi connectivity index (χ2v) is 8.07. The van der Waals surface area contributed by atoms with Crippen LogP contribution in [0.15, 0.2) is 53.0 Å². The van der Waals surface area contributed by atoms with Crippen molar-refractivity contribution in [2.45, 2.75) is 56.7 Å². The van der Waals surface area contributed by atoms with E-state index in [4.69, 9.17) is 9.47 Å². The molecule has 11 heteroatoms. The molecule has 6 atom stereocenters. The van der Waals surface area contributed by atoms with Gasteiger partial charge in [-0.15, -0.1) is 0 Å². The molecular formula is C22H28N2O9. The summed E-state index contributed by atoms with van der Waals surface area (Å²) in [5, 5.41) is 53.9. The zero-order chi connectivity index (χ0) is 24.3. The highest BCUT2D eigenvalue weighted by molar-refractivity contribution is 5.92. The SMILES string of the molecule is CC1=C(C(=O)OCC[C@@H]2O[C@H](CO)[C@@H](O)[C@H](O)[C@H]2O)C(c2ccccc2)C([N+](=O)[O-])=C(C)N1. The molecule has 0 radical (unpaired) electrons. The van der Waals surface area contributed by atoms with Crippen molar-refractivity contribution in [1.82, 2.24) is 5.32 Å². The van der Waals surface area contributed by atoms with E-state index in [0.717, 1.165) is 0 Å². The number of aliphatic hydroxyl groups is 4. The summed E-state index contributed by atoms with van der Waals surface area (Å²) >= 11 is 0. The summed E-state index contributed by atoms with van der Waals surface area (Å²) in [6, 6.07) is 8.61. The quantitative estimate of drug-likeness (QED) is 0.209. The van der Waals surface area contributed by atoms with Gasteiger partial charge in [0.1, 0.15) is 30.3 Å². The Labute approximate surface area is 190 Å². The lowest BCUT2D eigenvalue weighted by Crippen LogP contribution is -2.58. The van der Waals surface area contributed by atoms with Gasteiger partial charge in [0.25, 0.3) is 5.70 Å². The number of hydrogen-bond donors (Lipinski definition) is 5. The normalized spacial score (nSPS) is 30.1. The number of rotatable bonds is 7. The van der Waals surface area contributed by atoms with Crippen LogP contribution in [0.25, 0.3) is 0 Å². The molecule has 1 unspecified atom stereocenters. The lowest BCUT2D eigenvalue weighted by Gasteiger charge is -2.40. The average molecular weight is 464 g/mol. The number of carbonyl (C=O) groups is 1. The van der Waals surface area contributed by atoms with E-state index in [2.05, 4.69) is 5.32 Å². The first-order valence-corrected chi connectivity index (χ1v) is 10.5. The number of nitrogens with one attached hydrogen (secondary N) is 1. The second-order valence-electron chi connectivity index (χ2n) is 8.07. The van der Waals surface area contributed by atoms with Gasteiger partial charge in [-0.05, 0) is 19.4 Å². The number of allylic oxidation sites excluding steroid dienone is 3. The van der Waals surface area contributed by atoms with Crippen LogP contribution in [0, 0.1) is 10.1 Å². The van der Waals surface area contributed by atoms with E-state index >= 15 is 0 Å². The first-order chi connectivity index (χ1) is 15.7. The Balaban J connectivity index is 1.76. The molecule has 33 heavy (non-hydrogen) atoms. The fourth-order valence-electron chi connectivity index (χ4n) is 4.23. The Morgan fingerprint density at radius 1 is 1.09 bits per heavy atom. The zero-order valence-electron chi connectivity index (χ0n) is 18.2. The molecule has 2 aliphatic heterocycles. The monoisotopic (exact) mass is 464 g/mol. The lowest BCUT2D eigenvalue weighted by atomic mass is 9.84. The summed E-state index contributed by atoms with van der Waals surface area (Å²) in [5.74, 6) is -1.72. The number of benzene rings is 1. The van der Waals surface area contributed by atoms with Gasteiger partial charge in [-0.25, -0.2) is 4.79 Å². The minimum atomic E-state index is -1.53. The van der Waals surface area contributed by atoms with Gasteiger partial charge in [-0.2, -0.15) is 0 Å². The highest BCUT2D eigenvalue weighted by atomic mass is 16.6. The molecule has 2 aliphatic rings. The number of aliphatic hydroxyl groups excluding tert-OH is 4. The Kier molecular flexibility index (Phi) is 7.82. The van der Waals surface area contributed by atoms with Crippen LogP contribution >= 0.6 is 0 Å². The number of esters is 1. The fourth-order valence-corrected chi connectivity index (χ4v) is 4.23. The van der Waals surface area contributed by atoms with Crippen LogP contribution in [0.3, 0.4) is 0 Å². The molecule has 1 aromatic rings. The number of dihydropyridines is 1. The predicted molar refractivity (Wildman–Crippen MR) is 114 cm³/mol. The maximum absolute atomic E-state index is 13.0. The van der Waals surface area contributed by atoms with Crippen molar-refractivity contribution >= 4 is 5.97 Å². The standard InChI is InChI=1S/C22H28N2O9/c1-11-16(17(13-6-4-3-5-7-13)18(24(30)31)12(2)23-11)22(29)32-9-8-14-19(26)21(28)20(27)15(10-25)33-14/h3-7,14-15,17,19-21,23,25-28H,8-10H2,1-2H3/t14-,15+,17?,19-,20+,21+/m0/s1. The minimum Gasteiger partial charge on any atom is -0.462 e. The highest BCUT2D eigenvalue weighted by Crippen LogP contribution is 2.38. The summed E-state index contributed by atoms with van der Waals surface area (Å²) in [4.78, 5) is 24.3. The summed E-state index contributed by atoms with van der Waals surface area (Å²) in [6.45, 7) is 2.41. The van der Waals surface area contributed by atoms with E-state index in [1.165, 1.54) is 0 Å². The van der Waals surface area contributed by atoms with Crippen molar-refractivity contribution in [3.05, 3.63) is 68.7 Å². The third-order valence-corrected chi connectivity index (χ3v) is 5.90. The van der Waals surface area contributed by atoms with Gasteiger partial charge in [0, 0.05) is 12.1 Å². The third-order valence-electron chi connectivity index (χ3n) is 5.90. The zero-order valence-corrected chi connectivity index (χ0v) is 18.2. The van der Waals surface area contributed by atoms with Gasteiger partial charge < -0.3 is 35.2 Å². The molecular weight excluding hydrogens is 436 g/mol. The van der Waals surface area contributed by atoms with Gasteiger partial charge in [-0.3, -0.25) is 10.1 Å². The van der Waals surface area contributed by atoms with Crippen molar-refractivity contribution in [1.29, 1.82) is 0 Å². The van der Waals surface area contributed by atoms with Crippen molar-refractivity contribution in [3.63, 3.8) is 0 Å². The number of hydrogen-bond acceptors (Lipinski definition) is 10. The van der Waals surface area contributed by atoms with Gasteiger partial charge in [0.05, 0.1) is 35.5 Å². The Morgan fingerprint density at radius 2 is 1.73 bits per heavy atom. The average Bonchev–Trinajstić information content (AvgIpc) is 2.78. The first-order valence-electron chi connectivity index (χ1n) is 10.5. The molecule has 0 aliphatic carbocycles. The smallest absolute Gasteiger partial charge is 0.336 e. The number of nitrogens with zero attached hydrogens (tertiary/aromatic N) is 1. The highest BCUT2D eigenvalue weighted by Gasteiger charge is 2.44. The van der Waals surface area contributed by atoms with Crippen LogP contribution < -0.4 is 5.32 Å². The molecule has 0 bridgehead atoms. The van der Waals surface area contributed by atoms with E-state index in [-0.39, 0.29) is 24.3 Å². The minimum absolute atomic E-state index is 0.0279. The Hall–Kier alpha value is -2.83. The van der Waals surface area contributed by atoms with E-state index in [0.29, 0.717) is 17.0 Å². The number of carbonyl (C=O) groups excluding carboxylic acids is 1. The van der Waals surface area contributed by atoms with E-state index in [1.54, 1.807) is 44.2 Å². The summed E-state index contributed by atoms with van der Waals surface area (Å²) < 4.78 is 10.8. The largest absolute Gasteiger partial charge is 0.462 e. The summed E-state index contributed by atoms with van der Waals surface area (Å²) in [7, 11) is 0. The van der Waals surface area contributed by atoms with E-state index < -0.39 is 53.9 Å². The molecule has 1 saturated heterocycles. The maximum Gasteiger partial charge on any atom is 0.336 e. The first kappa shape index (κ1) is 24.8. The van der Waals surface area contributed by atoms with Gasteiger partial charge >= 0.3 is 5.97 Å². The molecule has 180 valence electrons. The third kappa shape index (κ3) is 5.07. The lowest BCUT2D eigenvalue weighted by molar-refractivity contribution is -0.431. The van der Waals surface area contributed by atoms with Crippen molar-refractivity contribution in [2.75, 3.05) is 13.2 Å². The van der Waals surface area contributed by atoms with Crippen LogP contribution in [0.5, 0.6) is 0 Å². The molecule has 1 aromatic carbocycles. The Bertz CT molecular complexity index is 944. The van der Waals surface area contributed by atoms with Gasteiger partial charge in [-0.1, -0.05) is 30.3 Å². The van der Waals surface area contributed by atoms with Crippen LogP contribution in [0.1, 0.15) is 31.7 Å². The predicted octanol–water partition coefficient (Wildman–Crippen LogP) is -0.0687. The number of ether oxygens (including phenoxy) is 2. The van der Waals surface area contributed by atoms with Gasteiger partial charge in [0.15, 0.2) is 0 Å². The molecule has 0 aromatic heterocycles. The molecule has 11 nitrogen and oxygen atoms in total. The molecule has 5 N–H and O–H groups in total. The number of nitro groups is 1. The second kappa shape index (κ2) is 10.4. The molecule has 0 saturated carbocycles.